The summed E-state index contributed by atoms with van der Waals surface area (Å²) in [5.74, 6) is 0. The highest BCUT2D eigenvalue weighted by Crippen LogP contribution is 2.08. The molecule has 0 unspecified atom stereocenters. The predicted octanol–water partition coefficient (Wildman–Crippen LogP) is 4.10. The van der Waals surface area contributed by atoms with Gasteiger partial charge in [0.15, 0.2) is 0 Å². The minimum absolute atomic E-state index is 0.696. The van der Waals surface area contributed by atoms with Crippen LogP contribution in [0.15, 0.2) is 58.7 Å². The van der Waals surface area contributed by atoms with Crippen molar-refractivity contribution in [3.63, 3.8) is 0 Å². The van der Waals surface area contributed by atoms with Crippen molar-refractivity contribution in [2.24, 2.45) is 10.2 Å². The van der Waals surface area contributed by atoms with Crippen LogP contribution in [0.4, 0.5) is 0 Å². The van der Waals surface area contributed by atoms with Crippen molar-refractivity contribution in [2.75, 3.05) is 0 Å². The van der Waals surface area contributed by atoms with E-state index in [1.807, 2.05) is 49.4 Å². The van der Waals surface area contributed by atoms with Gasteiger partial charge in [-0.2, -0.15) is 10.2 Å². The third-order valence-corrected chi connectivity index (χ3v) is 2.61. The first-order valence-electron chi connectivity index (χ1n) is 5.63. The largest absolute Gasteiger partial charge is 0.159 e. The molecule has 2 nitrogen and oxygen atoms in total. The van der Waals surface area contributed by atoms with Crippen LogP contribution in [0.1, 0.15) is 16.7 Å². The Morgan fingerprint density at radius 1 is 0.889 bits per heavy atom. The van der Waals surface area contributed by atoms with Crippen molar-refractivity contribution in [3.8, 4) is 0 Å². The molecule has 0 N–H and O–H groups in total. The summed E-state index contributed by atoms with van der Waals surface area (Å²) in [6.45, 7) is 2.05. The lowest BCUT2D eigenvalue weighted by atomic mass is 10.2. The molecule has 0 spiro atoms. The number of aryl methyl sites for hydroxylation is 1. The minimum Gasteiger partial charge on any atom is -0.159 e. The van der Waals surface area contributed by atoms with Crippen molar-refractivity contribution in [2.45, 2.75) is 6.92 Å². The van der Waals surface area contributed by atoms with Gasteiger partial charge in [0.1, 0.15) is 0 Å². The van der Waals surface area contributed by atoms with E-state index in [9.17, 15) is 0 Å². The summed E-state index contributed by atoms with van der Waals surface area (Å²) in [6, 6.07) is 15.6. The van der Waals surface area contributed by atoms with Crippen LogP contribution in [0.5, 0.6) is 0 Å². The fourth-order valence-corrected chi connectivity index (χ4v) is 1.74. The highest BCUT2D eigenvalue weighted by atomic mass is 35.5. The molecule has 0 heterocycles. The fourth-order valence-electron chi connectivity index (χ4n) is 1.54. The summed E-state index contributed by atoms with van der Waals surface area (Å²) in [5, 5.41) is 8.70. The summed E-state index contributed by atoms with van der Waals surface area (Å²) >= 11 is 5.87. The van der Waals surface area contributed by atoms with E-state index in [4.69, 9.17) is 11.6 Å². The molecular weight excluding hydrogens is 244 g/mol. The third-order valence-electron chi connectivity index (χ3n) is 2.37. The van der Waals surface area contributed by atoms with E-state index < -0.39 is 0 Å². The van der Waals surface area contributed by atoms with Gasteiger partial charge in [-0.1, -0.05) is 53.6 Å². The van der Waals surface area contributed by atoms with Gasteiger partial charge in [0.25, 0.3) is 0 Å². The number of rotatable bonds is 3. The Morgan fingerprint density at radius 3 is 2.11 bits per heavy atom. The monoisotopic (exact) mass is 256 g/mol. The summed E-state index contributed by atoms with van der Waals surface area (Å²) in [5.41, 5.74) is 3.18. The van der Waals surface area contributed by atoms with Gasteiger partial charge in [0.2, 0.25) is 0 Å². The van der Waals surface area contributed by atoms with Crippen molar-refractivity contribution < 1.29 is 0 Å². The van der Waals surface area contributed by atoms with E-state index in [1.165, 1.54) is 5.56 Å². The molecule has 18 heavy (non-hydrogen) atoms. The Labute approximate surface area is 112 Å². The van der Waals surface area contributed by atoms with Crippen molar-refractivity contribution >= 4 is 24.0 Å². The van der Waals surface area contributed by atoms with E-state index in [2.05, 4.69) is 16.3 Å². The van der Waals surface area contributed by atoms with E-state index in [1.54, 1.807) is 12.4 Å². The highest BCUT2D eigenvalue weighted by Gasteiger charge is 1.89. The smallest absolute Gasteiger partial charge is 0.0568 e. The molecule has 2 aromatic rings. The first kappa shape index (κ1) is 12.5. The Hall–Kier alpha value is -1.93. The fraction of sp³-hybridized carbons (Fsp3) is 0.0667. The molecule has 0 aliphatic heterocycles. The summed E-state index contributed by atoms with van der Waals surface area (Å²) in [7, 11) is 0. The molecule has 0 saturated heterocycles. The number of halogens is 1. The van der Waals surface area contributed by atoms with Crippen LogP contribution in [-0.2, 0) is 0 Å². The minimum atomic E-state index is 0.696. The molecule has 0 saturated carbocycles. The Bertz CT molecular complexity index is 535. The van der Waals surface area contributed by atoms with Gasteiger partial charge < -0.3 is 0 Å². The first-order valence-corrected chi connectivity index (χ1v) is 6.00. The van der Waals surface area contributed by atoms with Gasteiger partial charge in [-0.3, -0.25) is 0 Å². The van der Waals surface area contributed by atoms with E-state index in [0.717, 1.165) is 11.1 Å². The van der Waals surface area contributed by atoms with Crippen molar-refractivity contribution in [3.05, 3.63) is 70.2 Å². The zero-order valence-corrected chi connectivity index (χ0v) is 10.8. The Balaban J connectivity index is 2.03. The van der Waals surface area contributed by atoms with Crippen LogP contribution < -0.4 is 0 Å². The first-order chi connectivity index (χ1) is 8.74. The Morgan fingerprint density at radius 2 is 1.50 bits per heavy atom. The molecule has 2 aromatic carbocycles. The second-order valence-corrected chi connectivity index (χ2v) is 4.39. The maximum absolute atomic E-state index is 5.87. The Kier molecular flexibility index (Phi) is 4.26. The highest BCUT2D eigenvalue weighted by molar-refractivity contribution is 6.30. The molecule has 0 atom stereocenters. The normalized spacial score (nSPS) is 11.4. The molecular formula is C15H13ClN2. The molecule has 0 aromatic heterocycles. The van der Waals surface area contributed by atoms with E-state index >= 15 is 0 Å². The van der Waals surface area contributed by atoms with E-state index in [0.29, 0.717) is 5.02 Å². The molecule has 0 aliphatic rings. The topological polar surface area (TPSA) is 24.7 Å². The molecule has 0 aliphatic carbocycles. The molecule has 0 bridgehead atoms. The van der Waals surface area contributed by atoms with Crippen LogP contribution in [0.25, 0.3) is 0 Å². The average Bonchev–Trinajstić information content (AvgIpc) is 2.35. The molecule has 0 radical (unpaired) electrons. The summed E-state index contributed by atoms with van der Waals surface area (Å²) in [4.78, 5) is 0. The van der Waals surface area contributed by atoms with Gasteiger partial charge in [-0.05, 0) is 30.2 Å². The molecule has 3 heteroatoms. The van der Waals surface area contributed by atoms with Gasteiger partial charge in [-0.25, -0.2) is 0 Å². The second-order valence-electron chi connectivity index (χ2n) is 3.96. The number of hydrogen-bond donors (Lipinski definition) is 0. The zero-order valence-electron chi connectivity index (χ0n) is 10.0. The van der Waals surface area contributed by atoms with Crippen LogP contribution in [0.3, 0.4) is 0 Å². The van der Waals surface area contributed by atoms with Gasteiger partial charge in [0.05, 0.1) is 12.4 Å². The lowest BCUT2D eigenvalue weighted by Gasteiger charge is -1.93. The van der Waals surface area contributed by atoms with Crippen molar-refractivity contribution in [1.29, 1.82) is 0 Å². The second kappa shape index (κ2) is 6.12. The number of hydrogen-bond acceptors (Lipinski definition) is 2. The zero-order chi connectivity index (χ0) is 12.8. The lowest BCUT2D eigenvalue weighted by molar-refractivity contribution is 1.26. The average molecular weight is 257 g/mol. The maximum atomic E-state index is 5.87. The SMILES string of the molecule is Cc1cccc(/C=N/N=C/c2cccc(Cl)c2)c1. The molecule has 0 amide bonds. The molecule has 2 rings (SSSR count). The van der Waals surface area contributed by atoms with Crippen LogP contribution >= 0.6 is 11.6 Å². The number of benzene rings is 2. The lowest BCUT2D eigenvalue weighted by Crippen LogP contribution is -1.82. The van der Waals surface area contributed by atoms with Crippen LogP contribution in [-0.4, -0.2) is 12.4 Å². The summed E-state index contributed by atoms with van der Waals surface area (Å²) < 4.78 is 0. The maximum Gasteiger partial charge on any atom is 0.0568 e. The van der Waals surface area contributed by atoms with Crippen LogP contribution in [0, 0.1) is 6.92 Å². The van der Waals surface area contributed by atoms with Crippen molar-refractivity contribution in [1.82, 2.24) is 0 Å². The van der Waals surface area contributed by atoms with Crippen LogP contribution in [0.2, 0.25) is 5.02 Å². The quantitative estimate of drug-likeness (QED) is 0.583. The molecule has 0 fully saturated rings. The molecule has 90 valence electrons. The predicted molar refractivity (Wildman–Crippen MR) is 77.8 cm³/mol. The van der Waals surface area contributed by atoms with Gasteiger partial charge in [-0.15, -0.1) is 0 Å². The van der Waals surface area contributed by atoms with Gasteiger partial charge in [0, 0.05) is 5.02 Å². The summed E-state index contributed by atoms with van der Waals surface area (Å²) in [6.07, 6.45) is 3.41. The van der Waals surface area contributed by atoms with E-state index in [-0.39, 0.29) is 0 Å². The standard InChI is InChI=1S/C15H13ClN2/c1-12-4-2-5-13(8-12)10-17-18-11-14-6-3-7-15(16)9-14/h2-11H,1H3/b17-10+,18-11+. The third kappa shape index (κ3) is 3.82. The van der Waals surface area contributed by atoms with Gasteiger partial charge >= 0.3 is 0 Å². The number of nitrogens with zero attached hydrogens (tertiary/aromatic N) is 2.